The maximum Gasteiger partial charge on any atom is 0.241 e. The largest absolute Gasteiger partial charge is 0.397 e. The van der Waals surface area contributed by atoms with Crippen molar-refractivity contribution in [1.82, 2.24) is 10.6 Å². The van der Waals surface area contributed by atoms with Crippen molar-refractivity contribution in [2.45, 2.75) is 76.3 Å². The lowest BCUT2D eigenvalue weighted by Gasteiger charge is -2.19. The Hall–Kier alpha value is -4.66. The maximum absolute atomic E-state index is 13.0. The van der Waals surface area contributed by atoms with Crippen LogP contribution in [0.2, 0.25) is 0 Å². The second kappa shape index (κ2) is 12.0. The number of benzene rings is 4. The third-order valence-electron chi connectivity index (χ3n) is 12.2. The van der Waals surface area contributed by atoms with Crippen molar-refractivity contribution < 1.29 is 9.59 Å². The van der Waals surface area contributed by atoms with Crippen LogP contribution in [0.3, 0.4) is 0 Å². The Balaban J connectivity index is 0.919. The highest BCUT2D eigenvalue weighted by molar-refractivity contribution is 5.99. The van der Waals surface area contributed by atoms with Gasteiger partial charge >= 0.3 is 0 Å². The zero-order valence-electron chi connectivity index (χ0n) is 28.5. The highest BCUT2D eigenvalue weighted by Gasteiger charge is 2.50. The molecule has 12 rings (SSSR count). The summed E-state index contributed by atoms with van der Waals surface area (Å²) in [6.45, 7) is 1.87. The van der Waals surface area contributed by atoms with Crippen LogP contribution in [0.4, 0.5) is 22.7 Å². The molecule has 0 radical (unpaired) electrons. The molecule has 0 aromatic heterocycles. The molecule has 2 aliphatic heterocycles. The van der Waals surface area contributed by atoms with Crippen LogP contribution in [0.15, 0.2) is 72.8 Å². The Morgan fingerprint density at radius 3 is 1.40 bits per heavy atom. The highest BCUT2D eigenvalue weighted by Crippen LogP contribution is 2.52. The molecular formula is C42H46N6O2. The lowest BCUT2D eigenvalue weighted by Crippen LogP contribution is -2.35. The molecule has 2 saturated heterocycles. The molecule has 8 aliphatic rings. The Morgan fingerprint density at radius 1 is 0.580 bits per heavy atom. The minimum absolute atomic E-state index is 0.00364. The van der Waals surface area contributed by atoms with Crippen LogP contribution in [0, 0.1) is 10.8 Å². The number of hydrogen-bond acceptors (Lipinski definition) is 6. The number of nitrogen functional groups attached to an aromatic ring is 2. The number of rotatable bonds is 6. The number of hydrogen-bond donors (Lipinski definition) is 6. The molecule has 2 amide bonds. The summed E-state index contributed by atoms with van der Waals surface area (Å²) in [5.74, 6) is 0.00728. The van der Waals surface area contributed by atoms with Crippen molar-refractivity contribution in [1.29, 1.82) is 0 Å². The number of carbonyl (C=O) groups excluding carboxylic acids is 2. The average Bonchev–Trinajstić information content (AvgIpc) is 3.95. The fourth-order valence-electron chi connectivity index (χ4n) is 8.54. The fourth-order valence-corrected chi connectivity index (χ4v) is 8.54. The van der Waals surface area contributed by atoms with Crippen LogP contribution in [0.1, 0.15) is 60.8 Å². The Morgan fingerprint density at radius 2 is 1.02 bits per heavy atom. The number of carbonyl (C=O) groups is 2. The van der Waals surface area contributed by atoms with Crippen molar-refractivity contribution in [2.75, 3.05) is 35.2 Å². The Bertz CT molecular complexity index is 1880. The van der Waals surface area contributed by atoms with Crippen molar-refractivity contribution >= 4 is 34.6 Å². The molecule has 2 atom stereocenters. The number of anilines is 4. The summed E-state index contributed by atoms with van der Waals surface area (Å²) < 4.78 is 0. The van der Waals surface area contributed by atoms with Gasteiger partial charge in [0.25, 0.3) is 0 Å². The standard InChI is InChI=1S/C42H46N6O2/c43-33-19-29(9-11-35(33)47-39(49)37-21-41(13-14-41)23-45-37)31-17-25-1-5-27(31)8-4-26-2-6-28(7-3-25)32(18-26)30-10-12-36(34(44)20-30)48-40(50)38-22-42(15-16-42)24-46-38/h1-2,5-6,9-12,17-20,37-38,45-46H,3-4,7-8,13-16,21-24,43-44H2,(H,47,49)(H,48,50). The zero-order chi connectivity index (χ0) is 34.0. The van der Waals surface area contributed by atoms with Gasteiger partial charge in [-0.1, -0.05) is 48.5 Å². The van der Waals surface area contributed by atoms with Crippen molar-refractivity contribution in [3.05, 3.63) is 95.1 Å². The third-order valence-corrected chi connectivity index (χ3v) is 12.2. The summed E-state index contributed by atoms with van der Waals surface area (Å²) in [5.41, 5.74) is 25.9. The molecule has 50 heavy (non-hydrogen) atoms. The van der Waals surface area contributed by atoms with Gasteiger partial charge in [-0.15, -0.1) is 0 Å². The molecule has 8 N–H and O–H groups in total. The third kappa shape index (κ3) is 6.05. The van der Waals surface area contributed by atoms with Crippen molar-refractivity contribution in [3.63, 3.8) is 0 Å². The van der Waals surface area contributed by atoms with E-state index in [0.717, 1.165) is 62.7 Å². The van der Waals surface area contributed by atoms with Gasteiger partial charge in [0.05, 0.1) is 34.8 Å². The fraction of sp³-hybridized carbons (Fsp3) is 0.381. The molecule has 8 heteroatoms. The predicted molar refractivity (Wildman–Crippen MR) is 201 cm³/mol. The molecular weight excluding hydrogens is 621 g/mol. The first-order chi connectivity index (χ1) is 24.2. The summed E-state index contributed by atoms with van der Waals surface area (Å²) in [6, 6.07) is 25.5. The van der Waals surface area contributed by atoms with E-state index in [1.54, 1.807) is 0 Å². The summed E-state index contributed by atoms with van der Waals surface area (Å²) >= 11 is 0. The van der Waals surface area contributed by atoms with E-state index in [0.29, 0.717) is 33.6 Å². The first-order valence-electron chi connectivity index (χ1n) is 18.4. The van der Waals surface area contributed by atoms with Gasteiger partial charge in [0.1, 0.15) is 0 Å². The second-order valence-electron chi connectivity index (χ2n) is 15.8. The number of amides is 2. The van der Waals surface area contributed by atoms with Gasteiger partial charge in [0.2, 0.25) is 11.8 Å². The summed E-state index contributed by atoms with van der Waals surface area (Å²) in [4.78, 5) is 26.0. The molecule has 4 aromatic carbocycles. The second-order valence-corrected chi connectivity index (χ2v) is 15.8. The van der Waals surface area contributed by atoms with Gasteiger partial charge < -0.3 is 32.7 Å². The van der Waals surface area contributed by atoms with Gasteiger partial charge in [-0.25, -0.2) is 0 Å². The number of aryl methyl sites for hydroxylation is 4. The van der Waals surface area contributed by atoms with Gasteiger partial charge in [-0.05, 0) is 144 Å². The molecule has 2 spiro atoms. The topological polar surface area (TPSA) is 134 Å². The zero-order valence-corrected chi connectivity index (χ0v) is 28.5. The smallest absolute Gasteiger partial charge is 0.241 e. The van der Waals surface area contributed by atoms with E-state index in [4.69, 9.17) is 11.5 Å². The summed E-state index contributed by atoms with van der Waals surface area (Å²) in [6.07, 6.45) is 10.2. The first-order valence-corrected chi connectivity index (χ1v) is 18.4. The van der Waals surface area contributed by atoms with Crippen LogP contribution in [0.25, 0.3) is 22.3 Å². The van der Waals surface area contributed by atoms with Gasteiger partial charge in [-0.3, -0.25) is 9.59 Å². The Kier molecular flexibility index (Phi) is 7.51. The lowest BCUT2D eigenvalue weighted by atomic mass is 9.87. The van der Waals surface area contributed by atoms with Crippen molar-refractivity contribution in [2.24, 2.45) is 10.8 Å². The molecule has 6 aliphatic carbocycles. The van der Waals surface area contributed by atoms with Crippen LogP contribution < -0.4 is 32.7 Å². The van der Waals surface area contributed by atoms with E-state index < -0.39 is 0 Å². The van der Waals surface area contributed by atoms with Crippen LogP contribution in [0.5, 0.6) is 0 Å². The molecule has 2 heterocycles. The monoisotopic (exact) mass is 666 g/mol. The lowest BCUT2D eigenvalue weighted by molar-refractivity contribution is -0.118. The van der Waals surface area contributed by atoms with Crippen molar-refractivity contribution in [3.8, 4) is 22.3 Å². The normalized spacial score (nSPS) is 22.3. The first kappa shape index (κ1) is 31.3. The van der Waals surface area contributed by atoms with Gasteiger partial charge in [0.15, 0.2) is 0 Å². The maximum atomic E-state index is 13.0. The highest BCUT2D eigenvalue weighted by atomic mass is 16.2. The molecule has 8 nitrogen and oxygen atoms in total. The van der Waals surface area contributed by atoms with E-state index in [2.05, 4.69) is 69.8 Å². The van der Waals surface area contributed by atoms with Crippen LogP contribution in [-0.4, -0.2) is 37.0 Å². The molecule has 4 fully saturated rings. The minimum atomic E-state index is -0.147. The minimum Gasteiger partial charge on any atom is -0.397 e. The Labute approximate surface area is 293 Å². The van der Waals surface area contributed by atoms with Gasteiger partial charge in [-0.2, -0.15) is 0 Å². The average molecular weight is 667 g/mol. The van der Waals surface area contributed by atoms with Crippen LogP contribution >= 0.6 is 0 Å². The van der Waals surface area contributed by atoms with E-state index in [9.17, 15) is 9.59 Å². The quantitative estimate of drug-likeness (QED) is 0.135. The molecule has 2 unspecified atom stereocenters. The van der Waals surface area contributed by atoms with E-state index in [1.165, 1.54) is 59.1 Å². The number of nitrogens with one attached hydrogen (secondary N) is 4. The van der Waals surface area contributed by atoms with E-state index >= 15 is 0 Å². The van der Waals surface area contributed by atoms with Gasteiger partial charge in [0, 0.05) is 13.1 Å². The van der Waals surface area contributed by atoms with E-state index in [-0.39, 0.29) is 23.9 Å². The summed E-state index contributed by atoms with van der Waals surface area (Å²) in [5, 5.41) is 13.0. The molecule has 4 aromatic rings. The SMILES string of the molecule is Nc1cc(-c2cc3ccc2CCc2ccc(c(-c4ccc(NC(=O)C5CC6(CC6)CN5)c(N)c4)c2)CC3)ccc1NC(=O)C1CC2(CC2)CN1. The molecule has 4 bridgehead atoms. The number of nitrogens with two attached hydrogens (primary N) is 2. The van der Waals surface area contributed by atoms with E-state index in [1.807, 2.05) is 24.3 Å². The molecule has 2 saturated carbocycles. The predicted octanol–water partition coefficient (Wildman–Crippen LogP) is 6.23. The summed E-state index contributed by atoms with van der Waals surface area (Å²) in [7, 11) is 0. The van der Waals surface area contributed by atoms with Crippen LogP contribution in [-0.2, 0) is 35.3 Å². The molecule has 256 valence electrons.